The van der Waals surface area contributed by atoms with Crippen molar-refractivity contribution in [1.29, 1.82) is 0 Å². The average molecular weight is 280 g/mol. The lowest BCUT2D eigenvalue weighted by Gasteiger charge is -2.10. The number of hydrogen-bond donors (Lipinski definition) is 2. The van der Waals surface area contributed by atoms with E-state index in [4.69, 9.17) is 15.2 Å². The maximum Gasteiger partial charge on any atom is 0.220 e. The number of amides is 1. The Bertz CT molecular complexity index is 422. The molecule has 0 unspecified atom stereocenters. The molecule has 0 heterocycles. The van der Waals surface area contributed by atoms with Crippen molar-refractivity contribution in [2.24, 2.45) is 5.73 Å². The third kappa shape index (κ3) is 5.48. The molecule has 0 saturated carbocycles. The number of rotatable bonds is 9. The number of nitrogens with one attached hydrogen (secondary N) is 1. The van der Waals surface area contributed by atoms with E-state index in [0.717, 1.165) is 29.9 Å². The topological polar surface area (TPSA) is 73.6 Å². The Morgan fingerprint density at radius 1 is 1.25 bits per heavy atom. The number of benzene rings is 1. The summed E-state index contributed by atoms with van der Waals surface area (Å²) in [6.45, 7) is 1.35. The molecule has 20 heavy (non-hydrogen) atoms. The minimum atomic E-state index is 0.0481. The predicted molar refractivity (Wildman–Crippen MR) is 79.2 cm³/mol. The Labute approximate surface area is 120 Å². The van der Waals surface area contributed by atoms with Crippen LogP contribution in [0.25, 0.3) is 0 Å². The molecule has 1 aromatic rings. The largest absolute Gasteiger partial charge is 0.497 e. The summed E-state index contributed by atoms with van der Waals surface area (Å²) in [5, 5.41) is 2.89. The molecule has 1 rings (SSSR count). The van der Waals surface area contributed by atoms with E-state index in [9.17, 15) is 4.79 Å². The van der Waals surface area contributed by atoms with E-state index in [1.54, 1.807) is 14.2 Å². The van der Waals surface area contributed by atoms with Gasteiger partial charge in [-0.25, -0.2) is 0 Å². The zero-order valence-corrected chi connectivity index (χ0v) is 12.3. The second-order valence-electron chi connectivity index (χ2n) is 4.52. The van der Waals surface area contributed by atoms with Gasteiger partial charge < -0.3 is 20.5 Å². The highest BCUT2D eigenvalue weighted by Crippen LogP contribution is 2.24. The first-order valence-electron chi connectivity index (χ1n) is 6.89. The number of unbranched alkanes of at least 4 members (excludes halogenated alkanes) is 1. The molecule has 5 heteroatoms. The van der Waals surface area contributed by atoms with E-state index in [0.29, 0.717) is 25.9 Å². The van der Waals surface area contributed by atoms with Gasteiger partial charge >= 0.3 is 0 Å². The molecular formula is C15H24N2O3. The molecule has 0 saturated heterocycles. The van der Waals surface area contributed by atoms with Gasteiger partial charge in [-0.15, -0.1) is 0 Å². The zero-order chi connectivity index (χ0) is 14.8. The van der Waals surface area contributed by atoms with Gasteiger partial charge in [0.2, 0.25) is 5.91 Å². The van der Waals surface area contributed by atoms with Crippen LogP contribution in [0.3, 0.4) is 0 Å². The Morgan fingerprint density at radius 3 is 2.70 bits per heavy atom. The number of nitrogens with two attached hydrogens (primary N) is 1. The third-order valence-electron chi connectivity index (χ3n) is 3.06. The first-order valence-corrected chi connectivity index (χ1v) is 6.89. The van der Waals surface area contributed by atoms with Crippen molar-refractivity contribution in [2.75, 3.05) is 27.3 Å². The zero-order valence-electron chi connectivity index (χ0n) is 12.3. The number of hydrogen-bond acceptors (Lipinski definition) is 4. The third-order valence-corrected chi connectivity index (χ3v) is 3.06. The Balaban J connectivity index is 2.45. The Morgan fingerprint density at radius 2 is 2.05 bits per heavy atom. The molecule has 1 aromatic carbocycles. The monoisotopic (exact) mass is 280 g/mol. The Hall–Kier alpha value is -1.75. The smallest absolute Gasteiger partial charge is 0.220 e. The van der Waals surface area contributed by atoms with Crippen LogP contribution >= 0.6 is 0 Å². The summed E-state index contributed by atoms with van der Waals surface area (Å²) in [7, 11) is 3.24. The average Bonchev–Trinajstić information content (AvgIpc) is 2.49. The summed E-state index contributed by atoms with van der Waals surface area (Å²) in [5.41, 5.74) is 6.38. The van der Waals surface area contributed by atoms with Crippen molar-refractivity contribution in [3.8, 4) is 11.5 Å². The van der Waals surface area contributed by atoms with E-state index < -0.39 is 0 Å². The molecule has 0 aromatic heterocycles. The van der Waals surface area contributed by atoms with Crippen molar-refractivity contribution >= 4 is 5.91 Å². The fraction of sp³-hybridized carbons (Fsp3) is 0.533. The predicted octanol–water partition coefficient (Wildman–Crippen LogP) is 1.49. The van der Waals surface area contributed by atoms with Crippen LogP contribution < -0.4 is 20.5 Å². The lowest BCUT2D eigenvalue weighted by molar-refractivity contribution is -0.121. The lowest BCUT2D eigenvalue weighted by Crippen LogP contribution is -2.25. The van der Waals surface area contributed by atoms with Crippen LogP contribution in [0.15, 0.2) is 18.2 Å². The van der Waals surface area contributed by atoms with Gasteiger partial charge in [-0.3, -0.25) is 4.79 Å². The van der Waals surface area contributed by atoms with Crippen LogP contribution in [-0.4, -0.2) is 33.2 Å². The molecule has 1 amide bonds. The summed E-state index contributed by atoms with van der Waals surface area (Å²) in [6.07, 6.45) is 2.92. The summed E-state index contributed by atoms with van der Waals surface area (Å²) >= 11 is 0. The van der Waals surface area contributed by atoms with Crippen molar-refractivity contribution < 1.29 is 14.3 Å². The summed E-state index contributed by atoms with van der Waals surface area (Å²) in [5.74, 6) is 1.60. The van der Waals surface area contributed by atoms with E-state index in [-0.39, 0.29) is 5.91 Å². The van der Waals surface area contributed by atoms with E-state index >= 15 is 0 Å². The van der Waals surface area contributed by atoms with E-state index in [1.807, 2.05) is 18.2 Å². The maximum absolute atomic E-state index is 11.7. The molecule has 0 atom stereocenters. The summed E-state index contributed by atoms with van der Waals surface area (Å²) < 4.78 is 10.5. The molecule has 0 spiro atoms. The van der Waals surface area contributed by atoms with Gasteiger partial charge in [0.15, 0.2) is 0 Å². The van der Waals surface area contributed by atoms with Gasteiger partial charge in [0.05, 0.1) is 14.2 Å². The first-order chi connectivity index (χ1) is 9.71. The van der Waals surface area contributed by atoms with Crippen LogP contribution in [0, 0.1) is 0 Å². The fourth-order valence-corrected chi connectivity index (χ4v) is 1.91. The van der Waals surface area contributed by atoms with Gasteiger partial charge in [0.1, 0.15) is 11.5 Å². The van der Waals surface area contributed by atoms with Crippen LogP contribution in [0.2, 0.25) is 0 Å². The van der Waals surface area contributed by atoms with Crippen LogP contribution in [-0.2, 0) is 11.2 Å². The number of carbonyl (C=O) groups excluding carboxylic acids is 1. The SMILES string of the molecule is COc1ccc(OC)c(CCC(=O)NCCCCN)c1. The molecule has 0 aliphatic heterocycles. The van der Waals surface area contributed by atoms with Crippen molar-refractivity contribution in [3.63, 3.8) is 0 Å². The highest BCUT2D eigenvalue weighted by atomic mass is 16.5. The van der Waals surface area contributed by atoms with E-state index in [1.165, 1.54) is 0 Å². The number of aryl methyl sites for hydroxylation is 1. The fourth-order valence-electron chi connectivity index (χ4n) is 1.91. The standard InChI is InChI=1S/C15H24N2O3/c1-19-13-6-7-14(20-2)12(11-13)5-8-15(18)17-10-4-3-9-16/h6-7,11H,3-5,8-10,16H2,1-2H3,(H,17,18). The molecule has 0 aliphatic rings. The second kappa shape index (κ2) is 9.20. The minimum absolute atomic E-state index is 0.0481. The van der Waals surface area contributed by atoms with Crippen LogP contribution in [0.4, 0.5) is 0 Å². The molecule has 0 bridgehead atoms. The van der Waals surface area contributed by atoms with Gasteiger partial charge in [-0.1, -0.05) is 0 Å². The van der Waals surface area contributed by atoms with Crippen molar-refractivity contribution in [3.05, 3.63) is 23.8 Å². The van der Waals surface area contributed by atoms with Gasteiger partial charge in [-0.2, -0.15) is 0 Å². The normalized spacial score (nSPS) is 10.2. The summed E-state index contributed by atoms with van der Waals surface area (Å²) in [4.78, 5) is 11.7. The molecule has 0 radical (unpaired) electrons. The highest BCUT2D eigenvalue weighted by Gasteiger charge is 2.08. The number of methoxy groups -OCH3 is 2. The molecule has 0 aliphatic carbocycles. The number of carbonyl (C=O) groups is 1. The molecule has 0 fully saturated rings. The van der Waals surface area contributed by atoms with Gasteiger partial charge in [-0.05, 0) is 49.6 Å². The summed E-state index contributed by atoms with van der Waals surface area (Å²) in [6, 6.07) is 5.60. The first kappa shape index (κ1) is 16.3. The minimum Gasteiger partial charge on any atom is -0.497 e. The van der Waals surface area contributed by atoms with Crippen LogP contribution in [0.1, 0.15) is 24.8 Å². The molecule has 5 nitrogen and oxygen atoms in total. The van der Waals surface area contributed by atoms with E-state index in [2.05, 4.69) is 5.32 Å². The highest BCUT2D eigenvalue weighted by molar-refractivity contribution is 5.76. The Kier molecular flexibility index (Phi) is 7.50. The molecule has 112 valence electrons. The van der Waals surface area contributed by atoms with Gasteiger partial charge in [0, 0.05) is 13.0 Å². The second-order valence-corrected chi connectivity index (χ2v) is 4.52. The molecule has 3 N–H and O–H groups in total. The number of ether oxygens (including phenoxy) is 2. The van der Waals surface area contributed by atoms with Crippen molar-refractivity contribution in [1.82, 2.24) is 5.32 Å². The van der Waals surface area contributed by atoms with Gasteiger partial charge in [0.25, 0.3) is 0 Å². The lowest BCUT2D eigenvalue weighted by atomic mass is 10.1. The van der Waals surface area contributed by atoms with Crippen LogP contribution in [0.5, 0.6) is 11.5 Å². The molecular weight excluding hydrogens is 256 g/mol. The maximum atomic E-state index is 11.7. The van der Waals surface area contributed by atoms with Crippen molar-refractivity contribution in [2.45, 2.75) is 25.7 Å². The quantitative estimate of drug-likeness (QED) is 0.672.